The van der Waals surface area contributed by atoms with Crippen LogP contribution in [0.2, 0.25) is 0 Å². The predicted molar refractivity (Wildman–Crippen MR) is 117 cm³/mol. The van der Waals surface area contributed by atoms with Crippen LogP contribution in [-0.4, -0.2) is 12.7 Å². The van der Waals surface area contributed by atoms with E-state index in [9.17, 15) is 17.6 Å². The minimum Gasteiger partial charge on any atom is -0.480 e. The van der Waals surface area contributed by atoms with E-state index in [4.69, 9.17) is 9.47 Å². The Morgan fingerprint density at radius 1 is 0.781 bits per heavy atom. The number of aryl methyl sites for hydroxylation is 2. The van der Waals surface area contributed by atoms with Gasteiger partial charge in [0.15, 0.2) is 18.2 Å². The van der Waals surface area contributed by atoms with Gasteiger partial charge in [-0.25, -0.2) is 4.39 Å². The van der Waals surface area contributed by atoms with Crippen LogP contribution in [0.4, 0.5) is 17.6 Å². The molecule has 0 unspecified atom stereocenters. The molecule has 0 N–H and O–H groups in total. The SMILES string of the molecule is CCCCCc1ccc(OCC(F)(F)Oc2ccc(-c3ccc(C)cc3)cc2)c(F)c1F. The first-order valence-electron chi connectivity index (χ1n) is 10.6. The molecule has 3 aromatic rings. The molecule has 0 bridgehead atoms. The molecule has 0 spiro atoms. The molecule has 170 valence electrons. The smallest absolute Gasteiger partial charge is 0.432 e. The highest BCUT2D eigenvalue weighted by Crippen LogP contribution is 2.29. The van der Waals surface area contributed by atoms with Crippen LogP contribution in [0.3, 0.4) is 0 Å². The zero-order valence-corrected chi connectivity index (χ0v) is 18.1. The average molecular weight is 446 g/mol. The molecular formula is C26H26F4O2. The molecule has 0 saturated carbocycles. The third-order valence-corrected chi connectivity index (χ3v) is 5.08. The minimum atomic E-state index is -3.73. The summed E-state index contributed by atoms with van der Waals surface area (Å²) >= 11 is 0. The Balaban J connectivity index is 1.60. The zero-order valence-electron chi connectivity index (χ0n) is 18.1. The summed E-state index contributed by atoms with van der Waals surface area (Å²) in [7, 11) is 0. The normalized spacial score (nSPS) is 11.4. The van der Waals surface area contributed by atoms with Gasteiger partial charge in [0.2, 0.25) is 5.82 Å². The standard InChI is InChI=1S/C26H26F4O2/c1-3-4-5-6-21-13-16-23(25(28)24(21)27)31-17-26(29,30)32-22-14-11-20(12-15-22)19-9-7-18(2)8-10-19/h7-16H,3-6,17H2,1-2H3. The van der Waals surface area contributed by atoms with Crippen LogP contribution in [0.5, 0.6) is 11.5 Å². The Kier molecular flexibility index (Phi) is 7.78. The number of alkyl halides is 2. The first-order chi connectivity index (χ1) is 15.3. The van der Waals surface area contributed by atoms with Crippen molar-refractivity contribution in [2.24, 2.45) is 0 Å². The highest BCUT2D eigenvalue weighted by molar-refractivity contribution is 5.64. The van der Waals surface area contributed by atoms with Gasteiger partial charge in [-0.2, -0.15) is 13.2 Å². The highest BCUT2D eigenvalue weighted by Gasteiger charge is 2.33. The molecule has 32 heavy (non-hydrogen) atoms. The molecule has 3 rings (SSSR count). The van der Waals surface area contributed by atoms with Crippen molar-refractivity contribution in [3.8, 4) is 22.6 Å². The second-order valence-corrected chi connectivity index (χ2v) is 7.73. The van der Waals surface area contributed by atoms with Crippen LogP contribution >= 0.6 is 0 Å². The van der Waals surface area contributed by atoms with Crippen molar-refractivity contribution in [3.05, 3.63) is 83.4 Å². The molecule has 2 nitrogen and oxygen atoms in total. The molecule has 0 aliphatic carbocycles. The van der Waals surface area contributed by atoms with Crippen LogP contribution in [0.25, 0.3) is 11.1 Å². The number of hydrogen-bond donors (Lipinski definition) is 0. The molecule has 0 radical (unpaired) electrons. The van der Waals surface area contributed by atoms with Gasteiger partial charge in [-0.05, 0) is 54.7 Å². The van der Waals surface area contributed by atoms with Gasteiger partial charge in [0, 0.05) is 0 Å². The maximum absolute atomic E-state index is 14.2. The Hall–Kier alpha value is -3.02. The van der Waals surface area contributed by atoms with Crippen LogP contribution in [0.15, 0.2) is 60.7 Å². The zero-order chi connectivity index (χ0) is 23.1. The predicted octanol–water partition coefficient (Wildman–Crippen LogP) is 7.72. The summed E-state index contributed by atoms with van der Waals surface area (Å²) in [6, 6.07) is 16.5. The number of unbranched alkanes of at least 4 members (excludes halogenated alkanes) is 2. The monoisotopic (exact) mass is 446 g/mol. The quantitative estimate of drug-likeness (QED) is 0.234. The molecule has 0 fully saturated rings. The lowest BCUT2D eigenvalue weighted by Gasteiger charge is -2.19. The van der Waals surface area contributed by atoms with Crippen LogP contribution in [-0.2, 0) is 6.42 Å². The van der Waals surface area contributed by atoms with Crippen molar-refractivity contribution in [3.63, 3.8) is 0 Å². The molecule has 0 saturated heterocycles. The van der Waals surface area contributed by atoms with Gasteiger partial charge >= 0.3 is 6.11 Å². The second-order valence-electron chi connectivity index (χ2n) is 7.73. The topological polar surface area (TPSA) is 18.5 Å². The summed E-state index contributed by atoms with van der Waals surface area (Å²) in [6.45, 7) is 2.74. The summed E-state index contributed by atoms with van der Waals surface area (Å²) in [6.07, 6.45) is -0.769. The van der Waals surface area contributed by atoms with E-state index in [1.165, 1.54) is 24.3 Å². The van der Waals surface area contributed by atoms with Gasteiger partial charge in [-0.1, -0.05) is 67.8 Å². The average Bonchev–Trinajstić information content (AvgIpc) is 2.77. The number of ether oxygens (including phenoxy) is 2. The fourth-order valence-electron chi connectivity index (χ4n) is 3.27. The first kappa shape index (κ1) is 23.6. The van der Waals surface area contributed by atoms with Crippen molar-refractivity contribution < 1.29 is 27.0 Å². The maximum Gasteiger partial charge on any atom is 0.432 e. The molecule has 0 aliphatic heterocycles. The van der Waals surface area contributed by atoms with E-state index >= 15 is 0 Å². The molecule has 3 aromatic carbocycles. The van der Waals surface area contributed by atoms with Gasteiger partial charge in [-0.3, -0.25) is 0 Å². The Bertz CT molecular complexity index is 1020. The molecular weight excluding hydrogens is 420 g/mol. The van der Waals surface area contributed by atoms with Gasteiger partial charge < -0.3 is 9.47 Å². The number of benzene rings is 3. The van der Waals surface area contributed by atoms with Crippen LogP contribution in [0, 0.1) is 18.6 Å². The molecule has 0 amide bonds. The number of halogens is 4. The van der Waals surface area contributed by atoms with Crippen molar-refractivity contribution >= 4 is 0 Å². The summed E-state index contributed by atoms with van der Waals surface area (Å²) in [5.41, 5.74) is 3.14. The lowest BCUT2D eigenvalue weighted by atomic mass is 10.0. The molecule has 0 heterocycles. The summed E-state index contributed by atoms with van der Waals surface area (Å²) < 4.78 is 66.4. The van der Waals surface area contributed by atoms with E-state index in [0.717, 1.165) is 36.0 Å². The van der Waals surface area contributed by atoms with E-state index in [-0.39, 0.29) is 11.3 Å². The van der Waals surface area contributed by atoms with E-state index in [1.807, 2.05) is 38.1 Å². The molecule has 0 aromatic heterocycles. The number of hydrogen-bond acceptors (Lipinski definition) is 2. The lowest BCUT2D eigenvalue weighted by molar-refractivity contribution is -0.195. The van der Waals surface area contributed by atoms with E-state index < -0.39 is 30.1 Å². The van der Waals surface area contributed by atoms with Crippen molar-refractivity contribution in [1.82, 2.24) is 0 Å². The van der Waals surface area contributed by atoms with E-state index in [2.05, 4.69) is 0 Å². The van der Waals surface area contributed by atoms with Crippen LogP contribution in [0.1, 0.15) is 37.3 Å². The van der Waals surface area contributed by atoms with Gasteiger partial charge in [0.05, 0.1) is 0 Å². The van der Waals surface area contributed by atoms with Gasteiger partial charge in [0.25, 0.3) is 0 Å². The lowest BCUT2D eigenvalue weighted by Crippen LogP contribution is -2.32. The number of rotatable bonds is 10. The highest BCUT2D eigenvalue weighted by atomic mass is 19.3. The molecule has 6 heteroatoms. The largest absolute Gasteiger partial charge is 0.480 e. The Morgan fingerprint density at radius 2 is 1.41 bits per heavy atom. The summed E-state index contributed by atoms with van der Waals surface area (Å²) in [4.78, 5) is 0. The fraction of sp³-hybridized carbons (Fsp3) is 0.308. The van der Waals surface area contributed by atoms with Crippen molar-refractivity contribution in [2.45, 2.75) is 45.6 Å². The van der Waals surface area contributed by atoms with Crippen molar-refractivity contribution in [1.29, 1.82) is 0 Å². The molecule has 0 atom stereocenters. The van der Waals surface area contributed by atoms with Crippen LogP contribution < -0.4 is 9.47 Å². The summed E-state index contributed by atoms with van der Waals surface area (Å²) in [5.74, 6) is -2.96. The van der Waals surface area contributed by atoms with Gasteiger partial charge in [-0.15, -0.1) is 0 Å². The third-order valence-electron chi connectivity index (χ3n) is 5.08. The van der Waals surface area contributed by atoms with E-state index in [1.54, 1.807) is 12.1 Å². The second kappa shape index (κ2) is 10.5. The van der Waals surface area contributed by atoms with Crippen molar-refractivity contribution in [2.75, 3.05) is 6.61 Å². The van der Waals surface area contributed by atoms with Gasteiger partial charge in [0.1, 0.15) is 5.75 Å². The van der Waals surface area contributed by atoms with E-state index in [0.29, 0.717) is 6.42 Å². The molecule has 0 aliphatic rings. The summed E-state index contributed by atoms with van der Waals surface area (Å²) in [5, 5.41) is 0. The Morgan fingerprint density at radius 3 is 2.03 bits per heavy atom. The maximum atomic E-state index is 14.2. The third kappa shape index (κ3) is 6.25. The fourth-order valence-corrected chi connectivity index (χ4v) is 3.27. The Labute approximate surface area is 185 Å². The first-order valence-corrected chi connectivity index (χ1v) is 10.6. The minimum absolute atomic E-state index is 0.0626.